The maximum atomic E-state index is 12.3. The standard InChI is InChI=1S/C5H5F7Se/c1-2-13-5(11,12)3(6,7)4(8,9)10/h2H2,1H3. The molecule has 0 aliphatic rings. The summed E-state index contributed by atoms with van der Waals surface area (Å²) in [7, 11) is 0. The van der Waals surface area contributed by atoms with Crippen LogP contribution in [-0.4, -0.2) is 31.9 Å². The first-order chi connectivity index (χ1) is 5.56. The van der Waals surface area contributed by atoms with E-state index in [2.05, 4.69) is 0 Å². The van der Waals surface area contributed by atoms with E-state index in [1.54, 1.807) is 0 Å². The molecule has 0 aliphatic carbocycles. The van der Waals surface area contributed by atoms with Crippen molar-refractivity contribution in [2.45, 2.75) is 29.2 Å². The van der Waals surface area contributed by atoms with Gasteiger partial charge >= 0.3 is 74.9 Å². The Morgan fingerprint density at radius 3 is 1.54 bits per heavy atom. The van der Waals surface area contributed by atoms with E-state index in [-0.39, 0.29) is 5.32 Å². The van der Waals surface area contributed by atoms with Gasteiger partial charge in [0, 0.05) is 0 Å². The molecule has 0 nitrogen and oxygen atoms in total. The van der Waals surface area contributed by atoms with Gasteiger partial charge in [0.1, 0.15) is 0 Å². The molecule has 0 fully saturated rings. The molecule has 0 aromatic rings. The van der Waals surface area contributed by atoms with E-state index >= 15 is 0 Å². The Bertz CT molecular complexity index is 172. The van der Waals surface area contributed by atoms with Crippen molar-refractivity contribution in [1.29, 1.82) is 0 Å². The van der Waals surface area contributed by atoms with Crippen molar-refractivity contribution in [2.75, 3.05) is 0 Å². The van der Waals surface area contributed by atoms with Crippen LogP contribution in [0.15, 0.2) is 0 Å². The van der Waals surface area contributed by atoms with Crippen molar-refractivity contribution in [2.24, 2.45) is 0 Å². The SMILES string of the molecule is CC[Se]C(F)(F)C(F)(F)C(F)(F)F. The molecule has 0 unspecified atom stereocenters. The van der Waals surface area contributed by atoms with E-state index in [4.69, 9.17) is 0 Å². The fourth-order valence-electron chi connectivity index (χ4n) is 0.437. The van der Waals surface area contributed by atoms with Crippen molar-refractivity contribution in [1.82, 2.24) is 0 Å². The first-order valence-corrected chi connectivity index (χ1v) is 5.09. The molecule has 13 heavy (non-hydrogen) atoms. The molecule has 0 N–H and O–H groups in total. The summed E-state index contributed by atoms with van der Waals surface area (Å²) in [6, 6.07) is 0. The van der Waals surface area contributed by atoms with Crippen LogP contribution in [0.1, 0.15) is 6.92 Å². The Morgan fingerprint density at radius 1 is 0.923 bits per heavy atom. The molecule has 0 bridgehead atoms. The van der Waals surface area contributed by atoms with Gasteiger partial charge < -0.3 is 0 Å². The number of alkyl halides is 7. The fourth-order valence-corrected chi connectivity index (χ4v) is 1.82. The van der Waals surface area contributed by atoms with E-state index in [1.165, 1.54) is 0 Å². The molecule has 0 rings (SSSR count). The molecule has 0 atom stereocenters. The zero-order chi connectivity index (χ0) is 10.9. The van der Waals surface area contributed by atoms with Crippen LogP contribution in [-0.2, 0) is 0 Å². The first kappa shape index (κ1) is 13.0. The van der Waals surface area contributed by atoms with Crippen molar-refractivity contribution in [3.63, 3.8) is 0 Å². The van der Waals surface area contributed by atoms with E-state index < -0.39 is 31.9 Å². The molecule has 0 spiro atoms. The summed E-state index contributed by atoms with van der Waals surface area (Å²) in [5.74, 6) is -5.92. The van der Waals surface area contributed by atoms with Gasteiger partial charge in [-0.2, -0.15) is 0 Å². The van der Waals surface area contributed by atoms with Crippen LogP contribution >= 0.6 is 0 Å². The minimum atomic E-state index is -6.19. The summed E-state index contributed by atoms with van der Waals surface area (Å²) in [5, 5.41) is -0.383. The van der Waals surface area contributed by atoms with Crippen molar-refractivity contribution in [3.05, 3.63) is 0 Å². The predicted molar refractivity (Wildman–Crippen MR) is 32.2 cm³/mol. The van der Waals surface area contributed by atoms with Gasteiger partial charge in [0.2, 0.25) is 0 Å². The third-order valence-electron chi connectivity index (χ3n) is 1.05. The number of hydrogen-bond donors (Lipinski definition) is 0. The quantitative estimate of drug-likeness (QED) is 0.549. The zero-order valence-electron chi connectivity index (χ0n) is 6.26. The third kappa shape index (κ3) is 2.49. The Kier molecular flexibility index (Phi) is 3.66. The van der Waals surface area contributed by atoms with Crippen LogP contribution in [0.2, 0.25) is 5.32 Å². The van der Waals surface area contributed by atoms with Gasteiger partial charge in [-0.1, -0.05) is 0 Å². The molecule has 0 saturated carbocycles. The van der Waals surface area contributed by atoms with Crippen molar-refractivity contribution >= 4 is 15.0 Å². The van der Waals surface area contributed by atoms with E-state index in [9.17, 15) is 30.7 Å². The average molecular weight is 277 g/mol. The van der Waals surface area contributed by atoms with Gasteiger partial charge in [-0.3, -0.25) is 0 Å². The average Bonchev–Trinajstić information content (AvgIpc) is 1.84. The van der Waals surface area contributed by atoms with Crippen LogP contribution in [0, 0.1) is 0 Å². The molecule has 0 aromatic heterocycles. The topological polar surface area (TPSA) is 0 Å². The summed E-state index contributed by atoms with van der Waals surface area (Å²) < 4.78 is 82.9. The van der Waals surface area contributed by atoms with Gasteiger partial charge in [0.25, 0.3) is 0 Å². The molecule has 0 aliphatic heterocycles. The Morgan fingerprint density at radius 2 is 1.31 bits per heavy atom. The molecule has 8 heteroatoms. The fraction of sp³-hybridized carbons (Fsp3) is 1.00. The van der Waals surface area contributed by atoms with E-state index in [0.29, 0.717) is 0 Å². The summed E-state index contributed by atoms with van der Waals surface area (Å²) in [6.45, 7) is 1.13. The molecule has 0 amide bonds. The Hall–Kier alpha value is 0.0295. The second-order valence-corrected chi connectivity index (χ2v) is 4.91. The second-order valence-electron chi connectivity index (χ2n) is 2.02. The predicted octanol–water partition coefficient (Wildman–Crippen LogP) is 2.92. The van der Waals surface area contributed by atoms with Gasteiger partial charge in [-0.05, 0) is 0 Å². The Labute approximate surface area is 75.6 Å². The van der Waals surface area contributed by atoms with Crippen LogP contribution in [0.25, 0.3) is 0 Å². The number of halogens is 7. The molecule has 0 heterocycles. The Balaban J connectivity index is 4.81. The van der Waals surface area contributed by atoms with Crippen LogP contribution in [0.4, 0.5) is 30.7 Å². The van der Waals surface area contributed by atoms with E-state index in [0.717, 1.165) is 6.92 Å². The van der Waals surface area contributed by atoms with Crippen LogP contribution in [0.5, 0.6) is 0 Å². The van der Waals surface area contributed by atoms with Gasteiger partial charge in [0.15, 0.2) is 0 Å². The summed E-state index contributed by atoms with van der Waals surface area (Å²) in [6.07, 6.45) is -6.19. The summed E-state index contributed by atoms with van der Waals surface area (Å²) in [5.41, 5.74) is 0. The van der Waals surface area contributed by atoms with Gasteiger partial charge in [-0.15, -0.1) is 0 Å². The van der Waals surface area contributed by atoms with Crippen LogP contribution < -0.4 is 0 Å². The molecule has 0 radical (unpaired) electrons. The summed E-state index contributed by atoms with van der Waals surface area (Å²) in [4.78, 5) is -4.97. The van der Waals surface area contributed by atoms with Crippen LogP contribution in [0.3, 0.4) is 0 Å². The van der Waals surface area contributed by atoms with Gasteiger partial charge in [-0.25, -0.2) is 0 Å². The molecule has 0 saturated heterocycles. The number of rotatable bonds is 3. The minimum absolute atomic E-state index is 0.383. The summed E-state index contributed by atoms with van der Waals surface area (Å²) >= 11 is -2.05. The monoisotopic (exact) mass is 278 g/mol. The first-order valence-electron chi connectivity index (χ1n) is 3.02. The molecule has 0 aromatic carbocycles. The second kappa shape index (κ2) is 3.65. The van der Waals surface area contributed by atoms with Crippen molar-refractivity contribution < 1.29 is 30.7 Å². The zero-order valence-corrected chi connectivity index (χ0v) is 7.97. The molecule has 80 valence electrons. The van der Waals surface area contributed by atoms with Gasteiger partial charge in [0.05, 0.1) is 0 Å². The third-order valence-corrected chi connectivity index (χ3v) is 2.95. The molecular formula is C5H5F7Se. The maximum absolute atomic E-state index is 12.3. The normalized spacial score (nSPS) is 14.8. The number of hydrogen-bond acceptors (Lipinski definition) is 0. The van der Waals surface area contributed by atoms with Crippen molar-refractivity contribution in [3.8, 4) is 0 Å². The van der Waals surface area contributed by atoms with E-state index in [1.807, 2.05) is 0 Å². The molecular weight excluding hydrogens is 272 g/mol.